The smallest absolute Gasteiger partial charge is 0.239 e. The van der Waals surface area contributed by atoms with Crippen molar-refractivity contribution < 1.29 is 14.8 Å². The van der Waals surface area contributed by atoms with Crippen LogP contribution in [0, 0.1) is 5.92 Å². The first-order valence-corrected chi connectivity index (χ1v) is 3.97. The van der Waals surface area contributed by atoms with Crippen LogP contribution in [0.2, 0.25) is 0 Å². The van der Waals surface area contributed by atoms with Gasteiger partial charge in [-0.25, -0.2) is 0 Å². The van der Waals surface area contributed by atoms with Gasteiger partial charge >= 0.3 is 0 Å². The molecule has 0 spiro atoms. The van der Waals surface area contributed by atoms with Gasteiger partial charge in [-0.3, -0.25) is 9.59 Å². The van der Waals surface area contributed by atoms with E-state index < -0.39 is 23.8 Å². The van der Waals surface area contributed by atoms with Crippen molar-refractivity contribution in [2.24, 2.45) is 22.5 Å². The minimum absolute atomic E-state index is 0.223. The van der Waals surface area contributed by atoms with Gasteiger partial charge in [-0.05, 0) is 13.8 Å². The second-order valence-corrected chi connectivity index (χ2v) is 2.88. The normalized spacial score (nSPS) is 15.7. The first-order chi connectivity index (χ1) is 6.40. The van der Waals surface area contributed by atoms with Gasteiger partial charge in [-0.2, -0.15) is 0 Å². The SMILES string of the molecule is CC(NC(=O)C(C)C(N)=NO)C(N)=O. The summed E-state index contributed by atoms with van der Waals surface area (Å²) < 4.78 is 0. The van der Waals surface area contributed by atoms with E-state index in [4.69, 9.17) is 16.7 Å². The molecule has 0 aromatic rings. The summed E-state index contributed by atoms with van der Waals surface area (Å²) in [6.45, 7) is 2.89. The van der Waals surface area contributed by atoms with Crippen molar-refractivity contribution in [1.29, 1.82) is 0 Å². The fourth-order valence-electron chi connectivity index (χ4n) is 0.630. The molecule has 7 heteroatoms. The zero-order valence-electron chi connectivity index (χ0n) is 8.02. The van der Waals surface area contributed by atoms with Crippen molar-refractivity contribution in [3.8, 4) is 0 Å². The molecule has 6 N–H and O–H groups in total. The van der Waals surface area contributed by atoms with Crippen molar-refractivity contribution in [3.05, 3.63) is 0 Å². The third-order valence-electron chi connectivity index (χ3n) is 1.74. The zero-order chi connectivity index (χ0) is 11.3. The second kappa shape index (κ2) is 5.05. The Morgan fingerprint density at radius 2 is 1.86 bits per heavy atom. The molecular formula is C7H14N4O3. The van der Waals surface area contributed by atoms with Crippen molar-refractivity contribution in [2.45, 2.75) is 19.9 Å². The van der Waals surface area contributed by atoms with Crippen molar-refractivity contribution in [3.63, 3.8) is 0 Å². The van der Waals surface area contributed by atoms with E-state index in [1.807, 2.05) is 0 Å². The predicted molar refractivity (Wildman–Crippen MR) is 49.4 cm³/mol. The van der Waals surface area contributed by atoms with Crippen molar-refractivity contribution in [1.82, 2.24) is 5.32 Å². The Balaban J connectivity index is 4.29. The quantitative estimate of drug-likeness (QED) is 0.188. The second-order valence-electron chi connectivity index (χ2n) is 2.88. The molecule has 0 aromatic carbocycles. The van der Waals surface area contributed by atoms with Gasteiger partial charge in [0.2, 0.25) is 11.8 Å². The van der Waals surface area contributed by atoms with E-state index >= 15 is 0 Å². The van der Waals surface area contributed by atoms with E-state index in [2.05, 4.69) is 10.5 Å². The zero-order valence-corrected chi connectivity index (χ0v) is 8.02. The fourth-order valence-corrected chi connectivity index (χ4v) is 0.630. The molecule has 7 nitrogen and oxygen atoms in total. The van der Waals surface area contributed by atoms with Crippen LogP contribution in [0.15, 0.2) is 5.16 Å². The topological polar surface area (TPSA) is 131 Å². The molecule has 0 saturated carbocycles. The molecule has 0 aliphatic carbocycles. The molecule has 0 rings (SSSR count). The summed E-state index contributed by atoms with van der Waals surface area (Å²) in [7, 11) is 0. The molecule has 2 atom stereocenters. The maximum atomic E-state index is 11.3. The maximum Gasteiger partial charge on any atom is 0.239 e. The Labute approximate surface area is 81.1 Å². The van der Waals surface area contributed by atoms with E-state index in [1.165, 1.54) is 13.8 Å². The lowest BCUT2D eigenvalue weighted by molar-refractivity contribution is -0.128. The molecular weight excluding hydrogens is 188 g/mol. The molecule has 0 fully saturated rings. The third kappa shape index (κ3) is 3.30. The number of nitrogens with two attached hydrogens (primary N) is 2. The minimum Gasteiger partial charge on any atom is -0.409 e. The molecule has 0 aromatic heterocycles. The van der Waals surface area contributed by atoms with E-state index in [-0.39, 0.29) is 5.84 Å². The Morgan fingerprint density at radius 3 is 2.21 bits per heavy atom. The number of hydrogen-bond acceptors (Lipinski definition) is 4. The Hall–Kier alpha value is -1.79. The minimum atomic E-state index is -0.804. The number of carbonyl (C=O) groups is 2. The molecule has 2 amide bonds. The van der Waals surface area contributed by atoms with Gasteiger partial charge in [0.1, 0.15) is 6.04 Å². The highest BCUT2D eigenvalue weighted by Gasteiger charge is 2.20. The molecule has 80 valence electrons. The first-order valence-electron chi connectivity index (χ1n) is 3.97. The Kier molecular flexibility index (Phi) is 4.41. The van der Waals surface area contributed by atoms with Crippen LogP contribution >= 0.6 is 0 Å². The Morgan fingerprint density at radius 1 is 1.36 bits per heavy atom. The average molecular weight is 202 g/mol. The van der Waals surface area contributed by atoms with E-state index in [9.17, 15) is 9.59 Å². The van der Waals surface area contributed by atoms with Crippen LogP contribution in [0.25, 0.3) is 0 Å². The summed E-state index contributed by atoms with van der Waals surface area (Å²) in [6.07, 6.45) is 0. The summed E-state index contributed by atoms with van der Waals surface area (Å²) in [5.41, 5.74) is 10.1. The fraction of sp³-hybridized carbons (Fsp3) is 0.571. The van der Waals surface area contributed by atoms with Gasteiger partial charge < -0.3 is 22.0 Å². The number of rotatable bonds is 4. The van der Waals surface area contributed by atoms with E-state index in [1.54, 1.807) is 0 Å². The highest BCUT2D eigenvalue weighted by atomic mass is 16.4. The van der Waals surface area contributed by atoms with Crippen LogP contribution in [0.3, 0.4) is 0 Å². The molecule has 0 saturated heterocycles. The third-order valence-corrected chi connectivity index (χ3v) is 1.74. The van der Waals surface area contributed by atoms with E-state index in [0.29, 0.717) is 0 Å². The van der Waals surface area contributed by atoms with Gasteiger partial charge in [0, 0.05) is 0 Å². The molecule has 0 heterocycles. The molecule has 2 unspecified atom stereocenters. The number of primary amides is 1. The monoisotopic (exact) mass is 202 g/mol. The largest absolute Gasteiger partial charge is 0.409 e. The van der Waals surface area contributed by atoms with Crippen LogP contribution < -0.4 is 16.8 Å². The van der Waals surface area contributed by atoms with Gasteiger partial charge in [-0.15, -0.1) is 0 Å². The van der Waals surface area contributed by atoms with Crippen LogP contribution in [0.1, 0.15) is 13.8 Å². The van der Waals surface area contributed by atoms with Gasteiger partial charge in [0.15, 0.2) is 5.84 Å². The molecule has 0 aliphatic rings. The molecule has 0 bridgehead atoms. The lowest BCUT2D eigenvalue weighted by Crippen LogP contribution is -2.46. The number of nitrogens with one attached hydrogen (secondary N) is 1. The highest BCUT2D eigenvalue weighted by Crippen LogP contribution is 1.95. The summed E-state index contributed by atoms with van der Waals surface area (Å²) in [5, 5.41) is 13.3. The van der Waals surface area contributed by atoms with Crippen LogP contribution in [-0.2, 0) is 9.59 Å². The van der Waals surface area contributed by atoms with Crippen molar-refractivity contribution in [2.75, 3.05) is 0 Å². The van der Waals surface area contributed by atoms with Crippen LogP contribution in [0.4, 0.5) is 0 Å². The lowest BCUT2D eigenvalue weighted by atomic mass is 10.1. The van der Waals surface area contributed by atoms with Gasteiger partial charge in [0.25, 0.3) is 0 Å². The summed E-state index contributed by atoms with van der Waals surface area (Å²) >= 11 is 0. The predicted octanol–water partition coefficient (Wildman–Crippen LogP) is -1.64. The highest BCUT2D eigenvalue weighted by molar-refractivity contribution is 6.02. The lowest BCUT2D eigenvalue weighted by Gasteiger charge is -2.13. The first kappa shape index (κ1) is 12.2. The van der Waals surface area contributed by atoms with Crippen molar-refractivity contribution >= 4 is 17.6 Å². The van der Waals surface area contributed by atoms with Gasteiger partial charge in [-0.1, -0.05) is 5.16 Å². The number of oxime groups is 1. The number of amides is 2. The number of carbonyl (C=O) groups excluding carboxylic acids is 2. The standard InChI is InChI=1S/C7H14N4O3/c1-3(5(8)11-14)7(13)10-4(2)6(9)12/h3-4,14H,1-2H3,(H2,8,11)(H2,9,12)(H,10,13). The molecule has 0 aliphatic heterocycles. The van der Waals surface area contributed by atoms with Crippen LogP contribution in [0.5, 0.6) is 0 Å². The maximum absolute atomic E-state index is 11.3. The number of hydrogen-bond donors (Lipinski definition) is 4. The summed E-state index contributed by atoms with van der Waals surface area (Å²) in [5.74, 6) is -2.20. The number of amidine groups is 1. The van der Waals surface area contributed by atoms with Crippen LogP contribution in [-0.4, -0.2) is 28.9 Å². The Bertz CT molecular complexity index is 264. The summed E-state index contributed by atoms with van der Waals surface area (Å²) in [6, 6.07) is -0.781. The molecule has 0 radical (unpaired) electrons. The molecule has 14 heavy (non-hydrogen) atoms. The number of nitrogens with zero attached hydrogens (tertiary/aromatic N) is 1. The van der Waals surface area contributed by atoms with Gasteiger partial charge in [0.05, 0.1) is 5.92 Å². The van der Waals surface area contributed by atoms with E-state index in [0.717, 1.165) is 0 Å². The summed E-state index contributed by atoms with van der Waals surface area (Å²) in [4.78, 5) is 21.9. The average Bonchev–Trinajstić information content (AvgIpc) is 2.14.